The molecule has 0 bridgehead atoms. The summed E-state index contributed by atoms with van der Waals surface area (Å²) in [6, 6.07) is 0. The summed E-state index contributed by atoms with van der Waals surface area (Å²) in [5.74, 6) is 2.35. The second kappa shape index (κ2) is 34.5. The molecule has 0 rings (SSSR count). The molecule has 0 fully saturated rings. The van der Waals surface area contributed by atoms with Gasteiger partial charge in [-0.15, -0.1) is 5.73 Å². The van der Waals surface area contributed by atoms with Gasteiger partial charge in [-0.1, -0.05) is 148 Å². The highest BCUT2D eigenvalue weighted by Gasteiger charge is 2.15. The van der Waals surface area contributed by atoms with E-state index in [1.54, 1.807) is 6.08 Å². The van der Waals surface area contributed by atoms with Crippen LogP contribution in [0.5, 0.6) is 0 Å². The molecule has 3 nitrogen and oxygen atoms in total. The van der Waals surface area contributed by atoms with Gasteiger partial charge in [0.2, 0.25) is 0 Å². The van der Waals surface area contributed by atoms with Crippen LogP contribution in [-0.2, 0) is 9.53 Å². The molecule has 46 heavy (non-hydrogen) atoms. The molecule has 3 heteroatoms. The van der Waals surface area contributed by atoms with Gasteiger partial charge in [0.15, 0.2) is 0 Å². The van der Waals surface area contributed by atoms with Crippen molar-refractivity contribution in [3.8, 4) is 0 Å². The minimum absolute atomic E-state index is 0.218. The fourth-order valence-electron chi connectivity index (χ4n) is 5.87. The number of allylic oxidation sites excluding steroid dienone is 6. The summed E-state index contributed by atoms with van der Waals surface area (Å²) in [5.41, 5.74) is 3.28. The van der Waals surface area contributed by atoms with Crippen molar-refractivity contribution in [3.05, 3.63) is 54.3 Å². The van der Waals surface area contributed by atoms with E-state index in [-0.39, 0.29) is 5.97 Å². The first-order chi connectivity index (χ1) is 22.4. The van der Waals surface area contributed by atoms with Crippen molar-refractivity contribution in [2.45, 2.75) is 169 Å². The van der Waals surface area contributed by atoms with Crippen LogP contribution in [0.3, 0.4) is 0 Å². The molecule has 0 spiro atoms. The Bertz CT molecular complexity index is 815. The molecule has 2 atom stereocenters. The number of hydrogen-bond acceptors (Lipinski definition) is 3. The van der Waals surface area contributed by atoms with Gasteiger partial charge in [-0.2, -0.15) is 0 Å². The van der Waals surface area contributed by atoms with Gasteiger partial charge >= 0.3 is 5.97 Å². The molecule has 266 valence electrons. The molecule has 0 saturated carbocycles. The second-order valence-electron chi connectivity index (χ2n) is 14.3. The van der Waals surface area contributed by atoms with Gasteiger partial charge in [-0.05, 0) is 101 Å². The third kappa shape index (κ3) is 32.1. The van der Waals surface area contributed by atoms with Crippen LogP contribution in [-0.4, -0.2) is 26.2 Å². The Labute approximate surface area is 287 Å². The Kier molecular flexibility index (Phi) is 33.1. The summed E-state index contributed by atoms with van der Waals surface area (Å²) in [5, 5.41) is 3.36. The van der Waals surface area contributed by atoms with E-state index in [2.05, 4.69) is 83.1 Å². The number of unbranched alkanes of at least 4 members (excludes halogenated alkanes) is 12. The molecule has 0 heterocycles. The number of nitrogens with one attached hydrogen (secondary N) is 1. The Hall–Kier alpha value is -1.83. The van der Waals surface area contributed by atoms with Crippen molar-refractivity contribution in [1.29, 1.82) is 0 Å². The SMILES string of the molecule is CCCCCC=C=C/C=C\CCCCCCCCCC(CCCC/C=C/C=C\C(=O)OCC(CCCC(C)C)C(C)C)CCNC. The molecule has 0 aromatic carbocycles. The zero-order valence-electron chi connectivity index (χ0n) is 31.5. The molecule has 0 aromatic rings. The van der Waals surface area contributed by atoms with Crippen LogP contribution < -0.4 is 5.32 Å². The van der Waals surface area contributed by atoms with Gasteiger partial charge in [0, 0.05) is 6.08 Å². The Morgan fingerprint density at radius 2 is 1.33 bits per heavy atom. The van der Waals surface area contributed by atoms with E-state index in [4.69, 9.17) is 4.74 Å². The number of carbonyl (C=O) groups excluding carboxylic acids is 1. The number of esters is 1. The topological polar surface area (TPSA) is 38.3 Å². The summed E-state index contributed by atoms with van der Waals surface area (Å²) in [4.78, 5) is 12.2. The van der Waals surface area contributed by atoms with Crippen LogP contribution in [0.2, 0.25) is 0 Å². The third-order valence-electron chi connectivity index (χ3n) is 9.14. The number of carbonyl (C=O) groups is 1. The van der Waals surface area contributed by atoms with E-state index in [1.807, 2.05) is 12.2 Å². The smallest absolute Gasteiger partial charge is 0.330 e. The molecule has 0 aromatic heterocycles. The quantitative estimate of drug-likeness (QED) is 0.0262. The van der Waals surface area contributed by atoms with E-state index >= 15 is 0 Å². The van der Waals surface area contributed by atoms with Crippen molar-refractivity contribution in [2.75, 3.05) is 20.2 Å². The maximum absolute atomic E-state index is 12.2. The number of rotatable bonds is 32. The largest absolute Gasteiger partial charge is 0.462 e. The lowest BCUT2D eigenvalue weighted by molar-refractivity contribution is -0.139. The van der Waals surface area contributed by atoms with Crippen molar-refractivity contribution < 1.29 is 9.53 Å². The van der Waals surface area contributed by atoms with Crippen molar-refractivity contribution in [2.24, 2.45) is 23.7 Å². The van der Waals surface area contributed by atoms with Crippen molar-refractivity contribution in [3.63, 3.8) is 0 Å². The monoisotopic (exact) mass is 640 g/mol. The fraction of sp³-hybridized carbons (Fsp3) is 0.767. The molecule has 0 saturated heterocycles. The predicted molar refractivity (Wildman–Crippen MR) is 204 cm³/mol. The van der Waals surface area contributed by atoms with Crippen LogP contribution >= 0.6 is 0 Å². The lowest BCUT2D eigenvalue weighted by Gasteiger charge is -2.20. The average Bonchev–Trinajstić information content (AvgIpc) is 3.03. The second-order valence-corrected chi connectivity index (χ2v) is 14.3. The summed E-state index contributed by atoms with van der Waals surface area (Å²) < 4.78 is 5.55. The highest BCUT2D eigenvalue weighted by molar-refractivity contribution is 5.82. The van der Waals surface area contributed by atoms with Crippen LogP contribution in [0, 0.1) is 23.7 Å². The maximum atomic E-state index is 12.2. The lowest BCUT2D eigenvalue weighted by atomic mass is 9.90. The third-order valence-corrected chi connectivity index (χ3v) is 9.14. The van der Waals surface area contributed by atoms with Crippen LogP contribution in [0.25, 0.3) is 0 Å². The predicted octanol–water partition coefficient (Wildman–Crippen LogP) is 12.9. The van der Waals surface area contributed by atoms with E-state index in [1.165, 1.54) is 116 Å². The molecular weight excluding hydrogens is 562 g/mol. The van der Waals surface area contributed by atoms with E-state index < -0.39 is 0 Å². The van der Waals surface area contributed by atoms with Gasteiger partial charge in [-0.25, -0.2) is 4.79 Å². The van der Waals surface area contributed by atoms with Gasteiger partial charge < -0.3 is 10.1 Å². The molecule has 0 aliphatic rings. The minimum atomic E-state index is -0.218. The highest BCUT2D eigenvalue weighted by Crippen LogP contribution is 2.22. The number of ether oxygens (including phenoxy) is 1. The summed E-state index contributed by atoms with van der Waals surface area (Å²) in [6.45, 7) is 12.9. The van der Waals surface area contributed by atoms with Gasteiger partial charge in [0.05, 0.1) is 6.61 Å². The van der Waals surface area contributed by atoms with E-state index in [9.17, 15) is 4.79 Å². The standard InChI is InChI=1S/C43H77NO2/c1-7-8-9-10-11-12-13-14-15-16-17-18-19-20-21-24-27-32-41(36-37-44-6)33-28-25-22-23-26-29-35-43(45)46-38-42(40(4)5)34-30-31-39(2)3/h11,13-15,23,26,29,35,39-42,44H,7-10,16-22,24-25,27-28,30-34,36-38H2,1-6H3/b15-14-,26-23+,35-29-. The molecular formula is C43H77NO2. The Balaban J connectivity index is 3.95. The number of hydrogen-bond donors (Lipinski definition) is 1. The normalized spacial score (nSPS) is 13.3. The van der Waals surface area contributed by atoms with Crippen LogP contribution in [0.4, 0.5) is 0 Å². The summed E-state index contributed by atoms with van der Waals surface area (Å²) in [7, 11) is 2.07. The fourth-order valence-corrected chi connectivity index (χ4v) is 5.87. The molecule has 0 aliphatic heterocycles. The van der Waals surface area contributed by atoms with Crippen LogP contribution in [0.15, 0.2) is 54.3 Å². The van der Waals surface area contributed by atoms with Gasteiger partial charge in [-0.3, -0.25) is 0 Å². The summed E-state index contributed by atoms with van der Waals surface area (Å²) in [6.07, 6.45) is 43.3. The van der Waals surface area contributed by atoms with Crippen molar-refractivity contribution >= 4 is 5.97 Å². The first-order valence-electron chi connectivity index (χ1n) is 19.6. The first-order valence-corrected chi connectivity index (χ1v) is 19.6. The molecule has 0 radical (unpaired) electrons. The zero-order chi connectivity index (χ0) is 33.9. The Morgan fingerprint density at radius 1 is 0.696 bits per heavy atom. The van der Waals surface area contributed by atoms with E-state index in [0.717, 1.165) is 37.6 Å². The van der Waals surface area contributed by atoms with Gasteiger partial charge in [0.1, 0.15) is 0 Å². The van der Waals surface area contributed by atoms with Gasteiger partial charge in [0.25, 0.3) is 0 Å². The lowest BCUT2D eigenvalue weighted by Crippen LogP contribution is -2.18. The average molecular weight is 640 g/mol. The van der Waals surface area contributed by atoms with Crippen LogP contribution in [0.1, 0.15) is 169 Å². The van der Waals surface area contributed by atoms with E-state index in [0.29, 0.717) is 18.4 Å². The maximum Gasteiger partial charge on any atom is 0.330 e. The summed E-state index contributed by atoms with van der Waals surface area (Å²) >= 11 is 0. The molecule has 0 aliphatic carbocycles. The first kappa shape index (κ1) is 44.2. The molecule has 2 unspecified atom stereocenters. The Morgan fingerprint density at radius 3 is 2.00 bits per heavy atom. The molecule has 1 N–H and O–H groups in total. The molecule has 0 amide bonds. The van der Waals surface area contributed by atoms with Crippen molar-refractivity contribution in [1.82, 2.24) is 5.32 Å². The zero-order valence-corrected chi connectivity index (χ0v) is 31.5. The minimum Gasteiger partial charge on any atom is -0.462 e. The highest BCUT2D eigenvalue weighted by atomic mass is 16.5.